The lowest BCUT2D eigenvalue weighted by Gasteiger charge is -2.27. The fourth-order valence-electron chi connectivity index (χ4n) is 4.35. The number of rotatable bonds is 3. The van der Waals surface area contributed by atoms with Gasteiger partial charge in [0, 0.05) is 43.4 Å². The van der Waals surface area contributed by atoms with E-state index in [-0.39, 0.29) is 18.3 Å². The van der Waals surface area contributed by atoms with Gasteiger partial charge in [0.05, 0.1) is 5.69 Å². The topological polar surface area (TPSA) is 38.1 Å². The summed E-state index contributed by atoms with van der Waals surface area (Å²) in [6.45, 7) is 1.42. The maximum Gasteiger partial charge on any atom is 0.246 e. The van der Waals surface area contributed by atoms with Crippen LogP contribution in [0.5, 0.6) is 0 Å². The Balaban J connectivity index is 0.00000231. The minimum atomic E-state index is 0. The number of hydrogen-bond acceptors (Lipinski definition) is 2. The van der Waals surface area contributed by atoms with E-state index in [0.29, 0.717) is 6.54 Å². The average Bonchev–Trinajstić information content (AvgIpc) is 3.09. The van der Waals surface area contributed by atoms with E-state index in [9.17, 15) is 4.79 Å². The minimum Gasteiger partial charge on any atom is -0.334 e. The van der Waals surface area contributed by atoms with Gasteiger partial charge in [-0.3, -0.25) is 4.79 Å². The molecule has 1 amide bonds. The van der Waals surface area contributed by atoms with Crippen molar-refractivity contribution in [1.82, 2.24) is 14.5 Å². The summed E-state index contributed by atoms with van der Waals surface area (Å²) in [5.74, 6) is 0.0457. The third kappa shape index (κ3) is 3.87. The number of benzene rings is 2. The number of aryl methyl sites for hydroxylation is 1. The molecule has 0 unspecified atom stereocenters. The van der Waals surface area contributed by atoms with Crippen LogP contribution in [-0.2, 0) is 24.8 Å². The molecule has 2 aromatic carbocycles. The standard InChI is InChI=1S/C26H23N3O.ClH/c1-28-25(20-9-3-2-4-10-20)22(23-12-7-16-27-26(23)28)13-14-24(30)29-17-15-19-8-5-6-11-21(19)18-29;/h2-14,16H,15,17-18H2,1H3;1H. The second-order valence-electron chi connectivity index (χ2n) is 7.67. The van der Waals surface area contributed by atoms with Gasteiger partial charge >= 0.3 is 0 Å². The molecule has 0 bridgehead atoms. The van der Waals surface area contributed by atoms with Crippen molar-refractivity contribution >= 4 is 35.4 Å². The van der Waals surface area contributed by atoms with Crippen molar-refractivity contribution in [1.29, 1.82) is 0 Å². The Kier molecular flexibility index (Phi) is 5.92. The van der Waals surface area contributed by atoms with E-state index in [1.807, 2.05) is 48.4 Å². The average molecular weight is 430 g/mol. The van der Waals surface area contributed by atoms with Gasteiger partial charge in [-0.25, -0.2) is 4.98 Å². The van der Waals surface area contributed by atoms with Crippen LogP contribution in [0.15, 0.2) is 79.0 Å². The van der Waals surface area contributed by atoms with Gasteiger partial charge in [0.1, 0.15) is 5.65 Å². The summed E-state index contributed by atoms with van der Waals surface area (Å²) >= 11 is 0. The smallest absolute Gasteiger partial charge is 0.246 e. The van der Waals surface area contributed by atoms with Crippen LogP contribution in [0.4, 0.5) is 0 Å². The molecule has 2 aromatic heterocycles. The SMILES string of the molecule is Cl.Cn1c(-c2ccccc2)c(C=CC(=O)N2CCc3ccccc3C2)c2cccnc21. The van der Waals surface area contributed by atoms with E-state index < -0.39 is 0 Å². The number of carbonyl (C=O) groups is 1. The highest BCUT2D eigenvalue weighted by molar-refractivity contribution is 6.00. The summed E-state index contributed by atoms with van der Waals surface area (Å²) in [6.07, 6.45) is 6.38. The summed E-state index contributed by atoms with van der Waals surface area (Å²) in [5, 5.41) is 1.05. The molecule has 156 valence electrons. The molecule has 1 aliphatic heterocycles. The Labute approximate surface area is 188 Å². The molecule has 0 saturated heterocycles. The first-order valence-electron chi connectivity index (χ1n) is 10.2. The molecule has 0 spiro atoms. The molecule has 31 heavy (non-hydrogen) atoms. The van der Waals surface area contributed by atoms with Gasteiger partial charge < -0.3 is 9.47 Å². The molecule has 5 heteroatoms. The van der Waals surface area contributed by atoms with Crippen molar-refractivity contribution in [2.75, 3.05) is 6.54 Å². The Hall–Kier alpha value is -3.37. The fourth-order valence-corrected chi connectivity index (χ4v) is 4.35. The number of nitrogens with zero attached hydrogens (tertiary/aromatic N) is 3. The number of halogens is 1. The minimum absolute atomic E-state index is 0. The highest BCUT2D eigenvalue weighted by Gasteiger charge is 2.20. The zero-order valence-corrected chi connectivity index (χ0v) is 18.2. The molecule has 1 aliphatic rings. The molecule has 3 heterocycles. The van der Waals surface area contributed by atoms with E-state index in [4.69, 9.17) is 0 Å². The van der Waals surface area contributed by atoms with Gasteiger partial charge in [0.15, 0.2) is 0 Å². The van der Waals surface area contributed by atoms with Crippen LogP contribution in [0.25, 0.3) is 28.4 Å². The Morgan fingerprint density at radius 3 is 2.52 bits per heavy atom. The molecule has 0 saturated carbocycles. The Bertz CT molecular complexity index is 1260. The van der Waals surface area contributed by atoms with Gasteiger partial charge in [0.25, 0.3) is 0 Å². The number of hydrogen-bond donors (Lipinski definition) is 0. The van der Waals surface area contributed by atoms with Crippen molar-refractivity contribution in [2.45, 2.75) is 13.0 Å². The maximum atomic E-state index is 13.0. The predicted octanol–water partition coefficient (Wildman–Crippen LogP) is 5.26. The van der Waals surface area contributed by atoms with Gasteiger partial charge in [0.2, 0.25) is 5.91 Å². The Morgan fingerprint density at radius 1 is 0.968 bits per heavy atom. The van der Waals surface area contributed by atoms with Crippen molar-refractivity contribution in [3.63, 3.8) is 0 Å². The first kappa shape index (κ1) is 20.9. The van der Waals surface area contributed by atoms with Crippen LogP contribution in [0, 0.1) is 0 Å². The molecule has 5 rings (SSSR count). The molecule has 0 fully saturated rings. The zero-order valence-electron chi connectivity index (χ0n) is 17.4. The van der Waals surface area contributed by atoms with Crippen LogP contribution < -0.4 is 0 Å². The van der Waals surface area contributed by atoms with Crippen LogP contribution >= 0.6 is 12.4 Å². The number of carbonyl (C=O) groups excluding carboxylic acids is 1. The lowest BCUT2D eigenvalue weighted by atomic mass is 10.00. The van der Waals surface area contributed by atoms with Gasteiger partial charge in [-0.15, -0.1) is 12.4 Å². The number of fused-ring (bicyclic) bond motifs is 2. The molecule has 4 nitrogen and oxygen atoms in total. The summed E-state index contributed by atoms with van der Waals surface area (Å²) in [5.41, 5.74) is 6.70. The molecular weight excluding hydrogens is 406 g/mol. The van der Waals surface area contributed by atoms with Gasteiger partial charge in [-0.1, -0.05) is 54.6 Å². The van der Waals surface area contributed by atoms with Crippen molar-refractivity contribution in [3.8, 4) is 11.3 Å². The molecule has 0 aliphatic carbocycles. The van der Waals surface area contributed by atoms with Crippen LogP contribution in [-0.4, -0.2) is 26.9 Å². The molecule has 0 atom stereocenters. The third-order valence-corrected chi connectivity index (χ3v) is 5.87. The third-order valence-electron chi connectivity index (χ3n) is 5.87. The first-order chi connectivity index (χ1) is 14.7. The van der Waals surface area contributed by atoms with Crippen molar-refractivity contribution in [3.05, 3.63) is 95.7 Å². The van der Waals surface area contributed by atoms with Crippen LogP contribution in [0.3, 0.4) is 0 Å². The number of amides is 1. The number of aromatic nitrogens is 2. The molecule has 0 N–H and O–H groups in total. The van der Waals surface area contributed by atoms with Crippen LogP contribution in [0.1, 0.15) is 16.7 Å². The Morgan fingerprint density at radius 2 is 1.71 bits per heavy atom. The highest BCUT2D eigenvalue weighted by Crippen LogP contribution is 2.33. The highest BCUT2D eigenvalue weighted by atomic mass is 35.5. The lowest BCUT2D eigenvalue weighted by molar-refractivity contribution is -0.126. The predicted molar refractivity (Wildman–Crippen MR) is 128 cm³/mol. The van der Waals surface area contributed by atoms with E-state index in [1.54, 1.807) is 12.3 Å². The first-order valence-corrected chi connectivity index (χ1v) is 10.2. The van der Waals surface area contributed by atoms with Crippen LogP contribution in [0.2, 0.25) is 0 Å². The summed E-state index contributed by atoms with van der Waals surface area (Å²) < 4.78 is 2.10. The van der Waals surface area contributed by atoms with Gasteiger partial charge in [-0.2, -0.15) is 0 Å². The largest absolute Gasteiger partial charge is 0.334 e. The molecule has 0 radical (unpaired) electrons. The summed E-state index contributed by atoms with van der Waals surface area (Å²) in [6, 6.07) is 22.6. The second kappa shape index (κ2) is 8.78. The van der Waals surface area contributed by atoms with E-state index >= 15 is 0 Å². The second-order valence-corrected chi connectivity index (χ2v) is 7.67. The lowest BCUT2D eigenvalue weighted by Crippen LogP contribution is -2.34. The quantitative estimate of drug-likeness (QED) is 0.416. The van der Waals surface area contributed by atoms with Crippen molar-refractivity contribution < 1.29 is 4.79 Å². The summed E-state index contributed by atoms with van der Waals surface area (Å²) in [4.78, 5) is 19.5. The van der Waals surface area contributed by atoms with E-state index in [2.05, 4.69) is 45.9 Å². The fraction of sp³-hybridized carbons (Fsp3) is 0.154. The van der Waals surface area contributed by atoms with E-state index in [1.165, 1.54) is 11.1 Å². The van der Waals surface area contributed by atoms with Gasteiger partial charge in [-0.05, 0) is 41.3 Å². The normalized spacial score (nSPS) is 13.3. The number of pyridine rings is 1. The molecule has 4 aromatic rings. The van der Waals surface area contributed by atoms with Crippen molar-refractivity contribution in [2.24, 2.45) is 7.05 Å². The monoisotopic (exact) mass is 429 g/mol. The maximum absolute atomic E-state index is 13.0. The zero-order chi connectivity index (χ0) is 20.5. The summed E-state index contributed by atoms with van der Waals surface area (Å²) in [7, 11) is 2.03. The molecular formula is C26H24ClN3O. The van der Waals surface area contributed by atoms with E-state index in [0.717, 1.165) is 40.8 Å².